The lowest BCUT2D eigenvalue weighted by molar-refractivity contribution is 0.834. The molecular weight excluding hydrogens is 292 g/mol. The Hall–Kier alpha value is -2.40. The quantitative estimate of drug-likeness (QED) is 0.452. The van der Waals surface area contributed by atoms with E-state index in [-0.39, 0.29) is 6.04 Å². The Morgan fingerprint density at radius 2 is 2.05 bits per heavy atom. The highest BCUT2D eigenvalue weighted by molar-refractivity contribution is 7.17. The van der Waals surface area contributed by atoms with Crippen LogP contribution in [0.3, 0.4) is 0 Å². The number of rotatable bonds is 2. The highest BCUT2D eigenvalue weighted by atomic mass is 32.1. The van der Waals surface area contributed by atoms with Crippen molar-refractivity contribution in [1.82, 2.24) is 9.38 Å². The third-order valence-electron chi connectivity index (χ3n) is 3.67. The molecule has 5 heteroatoms. The van der Waals surface area contributed by atoms with Crippen molar-refractivity contribution in [3.05, 3.63) is 47.3 Å². The van der Waals surface area contributed by atoms with Crippen LogP contribution < -0.4 is 5.73 Å². The first-order valence-corrected chi connectivity index (χ1v) is 8.13. The molecule has 3 aromatic heterocycles. The van der Waals surface area contributed by atoms with Crippen molar-refractivity contribution in [1.29, 1.82) is 0 Å². The molecule has 0 aliphatic heterocycles. The third kappa shape index (κ3) is 1.97. The van der Waals surface area contributed by atoms with Gasteiger partial charge in [-0.05, 0) is 55.6 Å². The predicted molar refractivity (Wildman–Crippen MR) is 93.9 cm³/mol. The molecule has 1 aromatic carbocycles. The van der Waals surface area contributed by atoms with E-state index >= 15 is 0 Å². The Morgan fingerprint density at radius 1 is 1.18 bits per heavy atom. The first-order chi connectivity index (χ1) is 10.6. The minimum absolute atomic E-state index is 0.183. The fourth-order valence-corrected chi connectivity index (χ4v) is 3.52. The van der Waals surface area contributed by atoms with Crippen LogP contribution in [0.1, 0.15) is 19.4 Å². The molecule has 0 bridgehead atoms. The molecule has 4 rings (SSSR count). The summed E-state index contributed by atoms with van der Waals surface area (Å²) < 4.78 is 3.46. The molecule has 0 fully saturated rings. The van der Waals surface area contributed by atoms with Gasteiger partial charge in [0.1, 0.15) is 11.5 Å². The highest BCUT2D eigenvalue weighted by Gasteiger charge is 2.10. The van der Waals surface area contributed by atoms with Crippen LogP contribution in [0.15, 0.2) is 46.8 Å². The molecule has 0 saturated carbocycles. The minimum atomic E-state index is 0.183. The van der Waals surface area contributed by atoms with Gasteiger partial charge >= 0.3 is 0 Å². The number of aliphatic imine (C=N–C) groups is 1. The maximum Gasteiger partial charge on any atom is 0.138 e. The summed E-state index contributed by atoms with van der Waals surface area (Å²) in [5.41, 5.74) is 11.2. The summed E-state index contributed by atoms with van der Waals surface area (Å²) in [6.45, 7) is 4.03. The van der Waals surface area contributed by atoms with Crippen LogP contribution in [-0.4, -0.2) is 21.3 Å². The Balaban J connectivity index is 2.00. The average molecular weight is 308 g/mol. The van der Waals surface area contributed by atoms with E-state index in [0.717, 1.165) is 22.2 Å². The van der Waals surface area contributed by atoms with E-state index in [9.17, 15) is 0 Å². The number of aromatic nitrogens is 2. The van der Waals surface area contributed by atoms with E-state index in [4.69, 9.17) is 10.7 Å². The summed E-state index contributed by atoms with van der Waals surface area (Å²) in [5, 5.41) is 2.11. The minimum Gasteiger partial charge on any atom is -0.383 e. The summed E-state index contributed by atoms with van der Waals surface area (Å²) in [4.78, 5) is 9.14. The number of benzene rings is 1. The first kappa shape index (κ1) is 13.3. The summed E-state index contributed by atoms with van der Waals surface area (Å²) in [5.74, 6) is 0.564. The molecule has 4 nitrogen and oxygen atoms in total. The molecule has 0 unspecified atom stereocenters. The van der Waals surface area contributed by atoms with Crippen molar-refractivity contribution in [3.8, 4) is 0 Å². The van der Waals surface area contributed by atoms with Crippen LogP contribution >= 0.6 is 11.3 Å². The molecule has 4 aromatic rings. The van der Waals surface area contributed by atoms with Crippen molar-refractivity contribution in [2.45, 2.75) is 19.9 Å². The maximum atomic E-state index is 6.07. The monoisotopic (exact) mass is 308 g/mol. The molecule has 2 N–H and O–H groups in total. The van der Waals surface area contributed by atoms with Crippen molar-refractivity contribution >= 4 is 44.1 Å². The number of amidine groups is 1. The van der Waals surface area contributed by atoms with Gasteiger partial charge in [0.2, 0.25) is 0 Å². The number of nitrogens with two attached hydrogens (primary N) is 1. The normalized spacial score (nSPS) is 13.0. The van der Waals surface area contributed by atoms with Crippen molar-refractivity contribution < 1.29 is 0 Å². The molecule has 22 heavy (non-hydrogen) atoms. The second kappa shape index (κ2) is 4.81. The number of hydrogen-bond donors (Lipinski definition) is 1. The lowest BCUT2D eigenvalue weighted by Gasteiger charge is -2.03. The van der Waals surface area contributed by atoms with Gasteiger partial charge < -0.3 is 5.73 Å². The van der Waals surface area contributed by atoms with Gasteiger partial charge in [-0.1, -0.05) is 0 Å². The Labute approximate surface area is 131 Å². The van der Waals surface area contributed by atoms with Gasteiger partial charge in [0.15, 0.2) is 0 Å². The molecule has 0 saturated heterocycles. The molecule has 0 aliphatic carbocycles. The van der Waals surface area contributed by atoms with E-state index in [1.54, 1.807) is 11.3 Å². The zero-order valence-corrected chi connectivity index (χ0v) is 13.3. The number of fused-ring (bicyclic) bond motifs is 5. The average Bonchev–Trinajstić information content (AvgIpc) is 3.08. The van der Waals surface area contributed by atoms with Crippen LogP contribution in [0.5, 0.6) is 0 Å². The van der Waals surface area contributed by atoms with Crippen molar-refractivity contribution in [2.24, 2.45) is 10.7 Å². The largest absolute Gasteiger partial charge is 0.383 e. The zero-order chi connectivity index (χ0) is 15.3. The summed E-state index contributed by atoms with van der Waals surface area (Å²) in [6.07, 6.45) is 0. The van der Waals surface area contributed by atoms with E-state index < -0.39 is 0 Å². The van der Waals surface area contributed by atoms with Crippen molar-refractivity contribution in [3.63, 3.8) is 0 Å². The lowest BCUT2D eigenvalue weighted by Crippen LogP contribution is -2.15. The van der Waals surface area contributed by atoms with Gasteiger partial charge in [-0.15, -0.1) is 11.3 Å². The van der Waals surface area contributed by atoms with Gasteiger partial charge in [0, 0.05) is 11.6 Å². The van der Waals surface area contributed by atoms with Gasteiger partial charge in [0.25, 0.3) is 0 Å². The predicted octanol–water partition coefficient (Wildman–Crippen LogP) is 3.82. The number of hydrogen-bond acceptors (Lipinski definition) is 3. The van der Waals surface area contributed by atoms with Gasteiger partial charge in [0.05, 0.1) is 21.3 Å². The Kier molecular flexibility index (Phi) is 2.90. The van der Waals surface area contributed by atoms with Crippen LogP contribution in [0.4, 0.5) is 0 Å². The van der Waals surface area contributed by atoms with Crippen molar-refractivity contribution in [2.75, 3.05) is 0 Å². The van der Waals surface area contributed by atoms with E-state index in [0.29, 0.717) is 5.84 Å². The summed E-state index contributed by atoms with van der Waals surface area (Å²) in [7, 11) is 0. The molecule has 0 atom stereocenters. The Bertz CT molecular complexity index is 1020. The Morgan fingerprint density at radius 3 is 2.86 bits per heavy atom. The molecule has 0 amide bonds. The zero-order valence-electron chi connectivity index (χ0n) is 12.4. The SMILES string of the molecule is CC(C)N=C(N)c1ccc2c(c1)nc1ccc3sccc3n12. The third-order valence-corrected chi connectivity index (χ3v) is 4.54. The lowest BCUT2D eigenvalue weighted by atomic mass is 10.2. The number of thiophene rings is 1. The van der Waals surface area contributed by atoms with Crippen LogP contribution in [0.2, 0.25) is 0 Å². The fourth-order valence-electron chi connectivity index (χ4n) is 2.75. The van der Waals surface area contributed by atoms with E-state index in [1.807, 2.05) is 26.0 Å². The highest BCUT2D eigenvalue weighted by Crippen LogP contribution is 2.26. The number of nitrogens with zero attached hydrogens (tertiary/aromatic N) is 3. The first-order valence-electron chi connectivity index (χ1n) is 7.25. The smallest absolute Gasteiger partial charge is 0.138 e. The summed E-state index contributed by atoms with van der Waals surface area (Å²) in [6, 6.07) is 12.6. The maximum absolute atomic E-state index is 6.07. The van der Waals surface area contributed by atoms with Crippen LogP contribution in [0.25, 0.3) is 26.9 Å². The molecular formula is C17H16N4S. The number of pyridine rings is 1. The molecule has 0 spiro atoms. The number of imidazole rings is 1. The van der Waals surface area contributed by atoms with Gasteiger partial charge in [-0.2, -0.15) is 0 Å². The van der Waals surface area contributed by atoms with Crippen LogP contribution in [0, 0.1) is 0 Å². The second-order valence-corrected chi connectivity index (χ2v) is 6.57. The summed E-state index contributed by atoms with van der Waals surface area (Å²) >= 11 is 1.74. The van der Waals surface area contributed by atoms with E-state index in [2.05, 4.69) is 39.0 Å². The molecule has 0 aliphatic rings. The standard InChI is InChI=1S/C17H16N4S/c1-10(2)19-17(18)11-3-4-13-12(9-11)20-16-6-5-15-14(21(13)16)7-8-22-15/h3-10H,1-2H3,(H2,18,19). The second-order valence-electron chi connectivity index (χ2n) is 5.62. The fraction of sp³-hybridized carbons (Fsp3) is 0.176. The topological polar surface area (TPSA) is 55.7 Å². The molecule has 0 radical (unpaired) electrons. The van der Waals surface area contributed by atoms with Gasteiger partial charge in [-0.25, -0.2) is 4.98 Å². The molecule has 110 valence electrons. The molecule has 3 heterocycles. The van der Waals surface area contributed by atoms with Crippen LogP contribution in [-0.2, 0) is 0 Å². The van der Waals surface area contributed by atoms with Gasteiger partial charge in [-0.3, -0.25) is 9.39 Å². The van der Waals surface area contributed by atoms with E-state index in [1.165, 1.54) is 10.2 Å².